The number of carbonyl (C=O) groups is 2. The minimum atomic E-state index is -0.525. The molecule has 3 aromatic rings. The topological polar surface area (TPSA) is 71.1 Å². The van der Waals surface area contributed by atoms with E-state index in [-0.39, 0.29) is 5.78 Å². The molecule has 3 rings (SSSR count). The Morgan fingerprint density at radius 3 is 2.23 bits per heavy atom. The Morgan fingerprint density at radius 2 is 1.48 bits per heavy atom. The first kappa shape index (κ1) is 21.6. The Bertz CT molecular complexity index is 1120. The first-order valence-corrected chi connectivity index (χ1v) is 9.45. The molecule has 0 saturated carbocycles. The molecule has 0 saturated heterocycles. The molecule has 0 aliphatic rings. The third-order valence-electron chi connectivity index (χ3n) is 4.52. The molecule has 6 nitrogen and oxygen atoms in total. The number of esters is 1. The Kier molecular flexibility index (Phi) is 7.06. The number of para-hydroxylation sites is 1. The number of ketones is 1. The van der Waals surface area contributed by atoms with Gasteiger partial charge in [0.15, 0.2) is 5.78 Å². The highest BCUT2D eigenvalue weighted by Crippen LogP contribution is 2.26. The summed E-state index contributed by atoms with van der Waals surface area (Å²) in [5.41, 5.74) is 1.34. The molecule has 0 aromatic heterocycles. The number of hydrogen-bond donors (Lipinski definition) is 0. The third-order valence-corrected chi connectivity index (χ3v) is 4.52. The average Bonchev–Trinajstić information content (AvgIpc) is 2.82. The van der Waals surface area contributed by atoms with Gasteiger partial charge in [-0.05, 0) is 48.6 Å². The average molecular weight is 418 g/mol. The number of allylic oxidation sites excluding steroid dienone is 1. The molecule has 31 heavy (non-hydrogen) atoms. The third kappa shape index (κ3) is 5.30. The largest absolute Gasteiger partial charge is 0.497 e. The second-order valence-corrected chi connectivity index (χ2v) is 6.42. The molecule has 0 N–H and O–H groups in total. The van der Waals surface area contributed by atoms with Crippen molar-refractivity contribution in [2.24, 2.45) is 0 Å². The normalized spacial score (nSPS) is 10.5. The highest BCUT2D eigenvalue weighted by atomic mass is 16.5. The van der Waals surface area contributed by atoms with Crippen molar-refractivity contribution in [1.82, 2.24) is 0 Å². The van der Waals surface area contributed by atoms with Crippen molar-refractivity contribution in [2.75, 3.05) is 21.3 Å². The molecule has 0 atom stereocenters. The Morgan fingerprint density at radius 1 is 0.742 bits per heavy atom. The molecule has 0 radical (unpaired) electrons. The number of benzene rings is 3. The summed E-state index contributed by atoms with van der Waals surface area (Å²) in [5.74, 6) is 1.11. The summed E-state index contributed by atoms with van der Waals surface area (Å²) >= 11 is 0. The predicted molar refractivity (Wildman–Crippen MR) is 117 cm³/mol. The van der Waals surface area contributed by atoms with E-state index in [1.165, 1.54) is 20.3 Å². The summed E-state index contributed by atoms with van der Waals surface area (Å²) in [6.07, 6.45) is 3.00. The van der Waals surface area contributed by atoms with E-state index in [9.17, 15) is 9.59 Å². The smallest absolute Gasteiger partial charge is 0.343 e. The maximum Gasteiger partial charge on any atom is 0.343 e. The van der Waals surface area contributed by atoms with Crippen molar-refractivity contribution >= 4 is 17.8 Å². The Hall–Kier alpha value is -4.06. The van der Waals surface area contributed by atoms with Crippen LogP contribution in [0.4, 0.5) is 0 Å². The summed E-state index contributed by atoms with van der Waals surface area (Å²) in [6.45, 7) is 0. The lowest BCUT2D eigenvalue weighted by Gasteiger charge is -2.09. The van der Waals surface area contributed by atoms with Crippen LogP contribution in [0, 0.1) is 0 Å². The van der Waals surface area contributed by atoms with Gasteiger partial charge in [0.05, 0.1) is 32.5 Å². The van der Waals surface area contributed by atoms with E-state index in [1.807, 2.05) is 0 Å². The van der Waals surface area contributed by atoms with Gasteiger partial charge in [0, 0.05) is 11.6 Å². The fourth-order valence-corrected chi connectivity index (χ4v) is 2.88. The van der Waals surface area contributed by atoms with Gasteiger partial charge in [-0.25, -0.2) is 4.79 Å². The van der Waals surface area contributed by atoms with Crippen LogP contribution >= 0.6 is 0 Å². The van der Waals surface area contributed by atoms with E-state index in [4.69, 9.17) is 18.9 Å². The van der Waals surface area contributed by atoms with Crippen molar-refractivity contribution in [3.8, 4) is 23.0 Å². The van der Waals surface area contributed by atoms with Crippen molar-refractivity contribution in [3.05, 3.63) is 89.5 Å². The molecule has 158 valence electrons. The van der Waals surface area contributed by atoms with Crippen LogP contribution in [-0.2, 0) is 0 Å². The molecule has 0 heterocycles. The second-order valence-electron chi connectivity index (χ2n) is 6.42. The van der Waals surface area contributed by atoms with Crippen LogP contribution in [0.5, 0.6) is 23.0 Å². The molecule has 0 unspecified atom stereocenters. The zero-order valence-corrected chi connectivity index (χ0v) is 17.5. The van der Waals surface area contributed by atoms with E-state index in [2.05, 4.69) is 0 Å². The molecule has 3 aromatic carbocycles. The monoisotopic (exact) mass is 418 g/mol. The first-order chi connectivity index (χ1) is 15.0. The summed E-state index contributed by atoms with van der Waals surface area (Å²) in [5, 5.41) is 0. The van der Waals surface area contributed by atoms with Crippen molar-refractivity contribution < 1.29 is 28.5 Å². The van der Waals surface area contributed by atoms with Crippen molar-refractivity contribution in [2.45, 2.75) is 0 Å². The zero-order chi connectivity index (χ0) is 22.2. The van der Waals surface area contributed by atoms with Crippen LogP contribution in [0.3, 0.4) is 0 Å². The van der Waals surface area contributed by atoms with Crippen molar-refractivity contribution in [3.63, 3.8) is 0 Å². The number of rotatable bonds is 8. The van der Waals surface area contributed by atoms with Gasteiger partial charge in [0.25, 0.3) is 0 Å². The predicted octanol–water partition coefficient (Wildman–Crippen LogP) is 4.83. The summed E-state index contributed by atoms with van der Waals surface area (Å²) in [6, 6.07) is 18.6. The standard InChI is InChI=1S/C25H22O6/c1-28-19-9-6-8-18(15-19)25(27)31-23-10-5-4-7-17(23)11-14-22(26)21-13-12-20(29-2)16-24(21)30-3/h4-16H,1-3H3. The van der Waals surface area contributed by atoms with Gasteiger partial charge in [-0.1, -0.05) is 24.3 Å². The molecule has 6 heteroatoms. The van der Waals surface area contributed by atoms with Gasteiger partial charge in [0.1, 0.15) is 23.0 Å². The van der Waals surface area contributed by atoms with Gasteiger partial charge in [-0.15, -0.1) is 0 Å². The van der Waals surface area contributed by atoms with Gasteiger partial charge in [0.2, 0.25) is 0 Å². The SMILES string of the molecule is COc1cccc(C(=O)Oc2ccccc2C=CC(=O)c2ccc(OC)cc2OC)c1. The van der Waals surface area contributed by atoms with Gasteiger partial charge < -0.3 is 18.9 Å². The van der Waals surface area contributed by atoms with E-state index < -0.39 is 5.97 Å². The fourth-order valence-electron chi connectivity index (χ4n) is 2.88. The van der Waals surface area contributed by atoms with Crippen LogP contribution < -0.4 is 18.9 Å². The van der Waals surface area contributed by atoms with E-state index >= 15 is 0 Å². The molecule has 0 aliphatic carbocycles. The fraction of sp³-hybridized carbons (Fsp3) is 0.120. The van der Waals surface area contributed by atoms with Gasteiger partial charge >= 0.3 is 5.97 Å². The second kappa shape index (κ2) is 10.1. The van der Waals surface area contributed by atoms with Crippen LogP contribution in [-0.4, -0.2) is 33.1 Å². The number of ether oxygens (including phenoxy) is 4. The number of methoxy groups -OCH3 is 3. The molecule has 0 bridgehead atoms. The molecule has 0 fully saturated rings. The molecule has 0 aliphatic heterocycles. The maximum atomic E-state index is 12.7. The van der Waals surface area contributed by atoms with Crippen molar-refractivity contribution in [1.29, 1.82) is 0 Å². The molecular weight excluding hydrogens is 396 g/mol. The number of carbonyl (C=O) groups excluding carboxylic acids is 2. The van der Waals surface area contributed by atoms with Crippen LogP contribution in [0.2, 0.25) is 0 Å². The van der Waals surface area contributed by atoms with Crippen LogP contribution in [0.25, 0.3) is 6.08 Å². The lowest BCUT2D eigenvalue weighted by Crippen LogP contribution is -2.09. The maximum absolute atomic E-state index is 12.7. The highest BCUT2D eigenvalue weighted by molar-refractivity contribution is 6.09. The lowest BCUT2D eigenvalue weighted by atomic mass is 10.1. The molecular formula is C25H22O6. The van der Waals surface area contributed by atoms with Crippen LogP contribution in [0.15, 0.2) is 72.8 Å². The van der Waals surface area contributed by atoms with Crippen LogP contribution in [0.1, 0.15) is 26.3 Å². The number of hydrogen-bond acceptors (Lipinski definition) is 6. The van der Waals surface area contributed by atoms with E-state index in [0.717, 1.165) is 0 Å². The zero-order valence-electron chi connectivity index (χ0n) is 17.5. The Labute approximate surface area is 180 Å². The Balaban J connectivity index is 1.81. The minimum Gasteiger partial charge on any atom is -0.497 e. The summed E-state index contributed by atoms with van der Waals surface area (Å²) < 4.78 is 21.1. The highest BCUT2D eigenvalue weighted by Gasteiger charge is 2.13. The first-order valence-electron chi connectivity index (χ1n) is 9.45. The summed E-state index contributed by atoms with van der Waals surface area (Å²) in [7, 11) is 4.56. The van der Waals surface area contributed by atoms with E-state index in [1.54, 1.807) is 79.9 Å². The quantitative estimate of drug-likeness (QED) is 0.226. The lowest BCUT2D eigenvalue weighted by molar-refractivity contribution is 0.0734. The molecule has 0 amide bonds. The minimum absolute atomic E-state index is 0.256. The summed E-state index contributed by atoms with van der Waals surface area (Å²) in [4.78, 5) is 25.2. The van der Waals surface area contributed by atoms with Gasteiger partial charge in [-0.2, -0.15) is 0 Å². The van der Waals surface area contributed by atoms with Gasteiger partial charge in [-0.3, -0.25) is 4.79 Å². The molecule has 0 spiro atoms. The van der Waals surface area contributed by atoms with E-state index in [0.29, 0.717) is 39.7 Å².